The summed E-state index contributed by atoms with van der Waals surface area (Å²) in [6, 6.07) is 0. The smallest absolute Gasteiger partial charge is 0.169 e. The largest absolute Gasteiger partial charge is 0.511 e. The van der Waals surface area contributed by atoms with Crippen molar-refractivity contribution in [2.75, 3.05) is 0 Å². The molecule has 0 amide bonds. The Labute approximate surface area is 153 Å². The summed E-state index contributed by atoms with van der Waals surface area (Å²) in [4.78, 5) is 23.5. The minimum Gasteiger partial charge on any atom is -0.511 e. The number of Topliss-reactive ketones (excluding diaryl/α,β-unsaturated/α-hetero) is 2. The Bertz CT molecular complexity index is 442. The predicted octanol–water partition coefficient (Wildman–Crippen LogP) is 6.38. The highest BCUT2D eigenvalue weighted by molar-refractivity contribution is 6.21. The summed E-state index contributed by atoms with van der Waals surface area (Å²) in [6.07, 6.45) is 19.7. The van der Waals surface area contributed by atoms with E-state index in [2.05, 4.69) is 19.1 Å². The zero-order chi connectivity index (χ0) is 18.3. The van der Waals surface area contributed by atoms with Crippen LogP contribution in [0.5, 0.6) is 0 Å². The molecule has 1 N–H and O–H groups in total. The van der Waals surface area contributed by atoms with Crippen LogP contribution < -0.4 is 0 Å². The Kier molecular flexibility index (Phi) is 12.0. The Morgan fingerprint density at radius 1 is 0.840 bits per heavy atom. The van der Waals surface area contributed by atoms with Gasteiger partial charge < -0.3 is 5.11 Å². The molecule has 0 aliphatic heterocycles. The molecule has 1 saturated carbocycles. The molecule has 1 aliphatic rings. The van der Waals surface area contributed by atoms with Crippen LogP contribution in [0.15, 0.2) is 23.5 Å². The molecule has 0 saturated heterocycles. The number of ketones is 2. The van der Waals surface area contributed by atoms with Crippen LogP contribution in [0.4, 0.5) is 0 Å². The first kappa shape index (κ1) is 21.7. The Hall–Kier alpha value is -1.38. The topological polar surface area (TPSA) is 54.4 Å². The summed E-state index contributed by atoms with van der Waals surface area (Å²) in [5.74, 6) is -0.309. The van der Waals surface area contributed by atoms with Crippen molar-refractivity contribution in [2.24, 2.45) is 0 Å². The van der Waals surface area contributed by atoms with Gasteiger partial charge in [-0.1, -0.05) is 57.6 Å². The normalized spacial score (nSPS) is 15.3. The quantitative estimate of drug-likeness (QED) is 0.138. The lowest BCUT2D eigenvalue weighted by molar-refractivity contribution is -0.124. The van der Waals surface area contributed by atoms with E-state index in [4.69, 9.17) is 0 Å². The second-order valence-corrected chi connectivity index (χ2v) is 7.15. The number of rotatable bonds is 13. The molecular formula is C22H36O3. The molecule has 0 aromatic rings. The average Bonchev–Trinajstić information content (AvgIpc) is 2.59. The molecule has 25 heavy (non-hydrogen) atoms. The lowest BCUT2D eigenvalue weighted by Crippen LogP contribution is -2.20. The van der Waals surface area contributed by atoms with E-state index in [-0.39, 0.29) is 22.9 Å². The van der Waals surface area contributed by atoms with Crippen molar-refractivity contribution < 1.29 is 14.7 Å². The molecule has 0 spiro atoms. The second kappa shape index (κ2) is 13.9. The molecule has 0 heterocycles. The molecule has 0 atom stereocenters. The van der Waals surface area contributed by atoms with Crippen molar-refractivity contribution in [3.8, 4) is 0 Å². The maximum atomic E-state index is 11.7. The molecular weight excluding hydrogens is 312 g/mol. The van der Waals surface area contributed by atoms with Crippen LogP contribution in [0.1, 0.15) is 103 Å². The molecule has 0 radical (unpaired) electrons. The van der Waals surface area contributed by atoms with Gasteiger partial charge in [-0.05, 0) is 38.5 Å². The predicted molar refractivity (Wildman–Crippen MR) is 104 cm³/mol. The summed E-state index contributed by atoms with van der Waals surface area (Å²) in [7, 11) is 0. The van der Waals surface area contributed by atoms with Gasteiger partial charge in [0.2, 0.25) is 0 Å². The fraction of sp³-hybridized carbons (Fsp3) is 0.727. The minimum atomic E-state index is -0.170. The van der Waals surface area contributed by atoms with Crippen LogP contribution in [-0.2, 0) is 9.59 Å². The van der Waals surface area contributed by atoms with Gasteiger partial charge in [0.05, 0.1) is 5.57 Å². The van der Waals surface area contributed by atoms with E-state index >= 15 is 0 Å². The summed E-state index contributed by atoms with van der Waals surface area (Å²) < 4.78 is 0. The molecule has 142 valence electrons. The van der Waals surface area contributed by atoms with Gasteiger partial charge in [0.25, 0.3) is 0 Å². The lowest BCUT2D eigenvalue weighted by Gasteiger charge is -2.13. The molecule has 0 aromatic heterocycles. The summed E-state index contributed by atoms with van der Waals surface area (Å²) >= 11 is 0. The second-order valence-electron chi connectivity index (χ2n) is 7.15. The van der Waals surface area contributed by atoms with E-state index in [9.17, 15) is 14.7 Å². The van der Waals surface area contributed by atoms with E-state index < -0.39 is 0 Å². The van der Waals surface area contributed by atoms with Crippen molar-refractivity contribution in [3.63, 3.8) is 0 Å². The van der Waals surface area contributed by atoms with Crippen molar-refractivity contribution in [1.29, 1.82) is 0 Å². The van der Waals surface area contributed by atoms with E-state index in [1.54, 1.807) is 0 Å². The summed E-state index contributed by atoms with van der Waals surface area (Å²) in [5.41, 5.74) is 0.0944. The molecule has 1 fully saturated rings. The first-order chi connectivity index (χ1) is 12.2. The van der Waals surface area contributed by atoms with Crippen molar-refractivity contribution >= 4 is 11.6 Å². The Balaban J connectivity index is 2.01. The van der Waals surface area contributed by atoms with Crippen molar-refractivity contribution in [2.45, 2.75) is 103 Å². The third kappa shape index (κ3) is 9.62. The molecule has 1 rings (SSSR count). The van der Waals surface area contributed by atoms with Gasteiger partial charge in [0, 0.05) is 19.3 Å². The minimum absolute atomic E-state index is 0.0305. The highest BCUT2D eigenvalue weighted by Gasteiger charge is 2.26. The first-order valence-electron chi connectivity index (χ1n) is 10.3. The number of hydrogen-bond donors (Lipinski definition) is 1. The molecule has 0 bridgehead atoms. The molecule has 1 aliphatic carbocycles. The van der Waals surface area contributed by atoms with Gasteiger partial charge >= 0.3 is 0 Å². The number of carbonyl (C=O) groups excluding carboxylic acids is 2. The number of carbonyl (C=O) groups is 2. The zero-order valence-electron chi connectivity index (χ0n) is 16.0. The van der Waals surface area contributed by atoms with E-state index in [1.807, 2.05) is 0 Å². The number of aliphatic hydroxyl groups excluding tert-OH is 1. The lowest BCUT2D eigenvalue weighted by atomic mass is 9.90. The van der Waals surface area contributed by atoms with Crippen LogP contribution in [0, 0.1) is 0 Å². The number of hydrogen-bond acceptors (Lipinski definition) is 3. The monoisotopic (exact) mass is 348 g/mol. The van der Waals surface area contributed by atoms with Gasteiger partial charge in [0.15, 0.2) is 11.6 Å². The zero-order valence-corrected chi connectivity index (χ0v) is 16.0. The van der Waals surface area contributed by atoms with Crippen molar-refractivity contribution in [1.82, 2.24) is 0 Å². The fourth-order valence-corrected chi connectivity index (χ4v) is 3.27. The fourth-order valence-electron chi connectivity index (χ4n) is 3.27. The van der Waals surface area contributed by atoms with Crippen LogP contribution >= 0.6 is 0 Å². The third-order valence-corrected chi connectivity index (χ3v) is 4.83. The van der Waals surface area contributed by atoms with Crippen LogP contribution in [0.3, 0.4) is 0 Å². The van der Waals surface area contributed by atoms with Crippen LogP contribution in [0.25, 0.3) is 0 Å². The van der Waals surface area contributed by atoms with Gasteiger partial charge in [-0.2, -0.15) is 0 Å². The summed E-state index contributed by atoms with van der Waals surface area (Å²) in [6.45, 7) is 2.23. The third-order valence-electron chi connectivity index (χ3n) is 4.83. The number of aliphatic hydroxyl groups is 1. The van der Waals surface area contributed by atoms with Gasteiger partial charge in [0.1, 0.15) is 5.76 Å². The molecule has 3 heteroatoms. The van der Waals surface area contributed by atoms with Crippen LogP contribution in [-0.4, -0.2) is 16.7 Å². The Morgan fingerprint density at radius 2 is 1.36 bits per heavy atom. The highest BCUT2D eigenvalue weighted by atomic mass is 16.3. The number of allylic oxidation sites excluding steroid dienone is 4. The van der Waals surface area contributed by atoms with Crippen molar-refractivity contribution in [3.05, 3.63) is 23.5 Å². The first-order valence-corrected chi connectivity index (χ1v) is 10.3. The SMILES string of the molecule is CCCCC/C=C\CCCCCCCCC(O)=C1C(=O)CCCC1=O. The Morgan fingerprint density at radius 3 is 1.96 bits per heavy atom. The van der Waals surface area contributed by atoms with E-state index in [0.29, 0.717) is 25.7 Å². The summed E-state index contributed by atoms with van der Waals surface area (Å²) in [5, 5.41) is 10.0. The van der Waals surface area contributed by atoms with E-state index in [0.717, 1.165) is 19.3 Å². The maximum absolute atomic E-state index is 11.7. The highest BCUT2D eigenvalue weighted by Crippen LogP contribution is 2.22. The van der Waals surface area contributed by atoms with Crippen LogP contribution in [0.2, 0.25) is 0 Å². The van der Waals surface area contributed by atoms with Gasteiger partial charge in [-0.15, -0.1) is 0 Å². The van der Waals surface area contributed by atoms with Gasteiger partial charge in [-0.3, -0.25) is 9.59 Å². The molecule has 3 nitrogen and oxygen atoms in total. The van der Waals surface area contributed by atoms with E-state index in [1.165, 1.54) is 51.4 Å². The van der Waals surface area contributed by atoms with Gasteiger partial charge in [-0.25, -0.2) is 0 Å². The molecule has 0 aromatic carbocycles. The average molecular weight is 349 g/mol. The number of unbranched alkanes of at least 4 members (excludes halogenated alkanes) is 9. The standard InChI is InChI=1S/C22H36O3/c1-2-3-4-5-6-7-8-9-10-11-12-13-14-16-19(23)22-20(24)17-15-18-21(22)25/h6-7,23H,2-5,8-18H2,1H3/b7-6-. The molecule has 0 unspecified atom stereocenters. The maximum Gasteiger partial charge on any atom is 0.169 e.